The lowest BCUT2D eigenvalue weighted by Gasteiger charge is -2.49. The van der Waals surface area contributed by atoms with Crippen LogP contribution in [0.5, 0.6) is 0 Å². The highest BCUT2D eigenvalue weighted by Crippen LogP contribution is 2.42. The van der Waals surface area contributed by atoms with Gasteiger partial charge in [-0.15, -0.1) is 0 Å². The summed E-state index contributed by atoms with van der Waals surface area (Å²) < 4.78 is 0. The van der Waals surface area contributed by atoms with Gasteiger partial charge in [-0.1, -0.05) is 13.8 Å². The largest absolute Gasteiger partial charge is 0.392 e. The molecule has 1 fully saturated rings. The van der Waals surface area contributed by atoms with E-state index in [1.807, 2.05) is 26.0 Å². The van der Waals surface area contributed by atoms with Gasteiger partial charge in [-0.25, -0.2) is 4.98 Å². The molecule has 84 valence electrons. The van der Waals surface area contributed by atoms with Gasteiger partial charge in [0.15, 0.2) is 0 Å². The van der Waals surface area contributed by atoms with Gasteiger partial charge in [0, 0.05) is 23.3 Å². The summed E-state index contributed by atoms with van der Waals surface area (Å²) in [5.74, 6) is 0. The predicted octanol–water partition coefficient (Wildman–Crippen LogP) is 1.52. The van der Waals surface area contributed by atoms with Crippen molar-refractivity contribution >= 4 is 5.69 Å². The molecule has 2 unspecified atom stereocenters. The van der Waals surface area contributed by atoms with Gasteiger partial charge in [0.2, 0.25) is 0 Å². The number of rotatable bonds is 2. The second kappa shape index (κ2) is 3.76. The van der Waals surface area contributed by atoms with Crippen molar-refractivity contribution in [2.75, 3.05) is 5.32 Å². The molecular formula is C12H15N3O. The third-order valence-electron chi connectivity index (χ3n) is 3.43. The van der Waals surface area contributed by atoms with Gasteiger partial charge < -0.3 is 10.4 Å². The van der Waals surface area contributed by atoms with Gasteiger partial charge in [0.25, 0.3) is 0 Å². The number of nitriles is 1. The smallest absolute Gasteiger partial charge is 0.142 e. The van der Waals surface area contributed by atoms with Gasteiger partial charge in [-0.05, 0) is 18.6 Å². The van der Waals surface area contributed by atoms with Crippen molar-refractivity contribution in [2.24, 2.45) is 5.41 Å². The van der Waals surface area contributed by atoms with Crippen LogP contribution in [0, 0.1) is 16.7 Å². The molecule has 2 rings (SSSR count). The number of aliphatic hydroxyl groups excluding tert-OH is 1. The highest BCUT2D eigenvalue weighted by atomic mass is 16.3. The molecule has 1 heterocycles. The summed E-state index contributed by atoms with van der Waals surface area (Å²) in [5, 5.41) is 21.7. The number of hydrogen-bond donors (Lipinski definition) is 2. The molecule has 1 aliphatic rings. The molecule has 0 saturated heterocycles. The van der Waals surface area contributed by atoms with E-state index in [1.54, 1.807) is 12.3 Å². The fourth-order valence-corrected chi connectivity index (χ4v) is 1.93. The molecule has 4 nitrogen and oxygen atoms in total. The first-order chi connectivity index (χ1) is 7.54. The first kappa shape index (κ1) is 10.9. The fraction of sp³-hybridized carbons (Fsp3) is 0.500. The molecular weight excluding hydrogens is 202 g/mol. The number of aromatic nitrogens is 1. The molecule has 16 heavy (non-hydrogen) atoms. The van der Waals surface area contributed by atoms with Crippen LogP contribution in [0.1, 0.15) is 26.0 Å². The van der Waals surface area contributed by atoms with E-state index < -0.39 is 0 Å². The normalized spacial score (nSPS) is 26.6. The summed E-state index contributed by atoms with van der Waals surface area (Å²) in [5.41, 5.74) is 1.18. The van der Waals surface area contributed by atoms with Crippen molar-refractivity contribution in [3.05, 3.63) is 24.0 Å². The van der Waals surface area contributed by atoms with Crippen LogP contribution in [-0.2, 0) is 0 Å². The minimum atomic E-state index is -0.248. The number of aliphatic hydroxyl groups is 1. The van der Waals surface area contributed by atoms with Crippen LogP contribution in [0.2, 0.25) is 0 Å². The second-order valence-corrected chi connectivity index (χ2v) is 4.81. The minimum Gasteiger partial charge on any atom is -0.392 e. The van der Waals surface area contributed by atoms with E-state index in [2.05, 4.69) is 10.3 Å². The Morgan fingerprint density at radius 2 is 2.38 bits per heavy atom. The Hall–Kier alpha value is -1.60. The van der Waals surface area contributed by atoms with Crippen molar-refractivity contribution in [3.63, 3.8) is 0 Å². The monoisotopic (exact) mass is 217 g/mol. The van der Waals surface area contributed by atoms with E-state index in [0.29, 0.717) is 5.69 Å². The summed E-state index contributed by atoms with van der Waals surface area (Å²) in [7, 11) is 0. The summed E-state index contributed by atoms with van der Waals surface area (Å²) in [6.07, 6.45) is 2.11. The molecule has 0 aromatic carbocycles. The van der Waals surface area contributed by atoms with Crippen LogP contribution < -0.4 is 5.32 Å². The minimum absolute atomic E-state index is 0.115. The van der Waals surface area contributed by atoms with Crippen LogP contribution in [-0.4, -0.2) is 22.2 Å². The van der Waals surface area contributed by atoms with Gasteiger partial charge in [-0.3, -0.25) is 0 Å². The maximum Gasteiger partial charge on any atom is 0.142 e. The third-order valence-corrected chi connectivity index (χ3v) is 3.43. The lowest BCUT2D eigenvalue weighted by atomic mass is 9.64. The Morgan fingerprint density at radius 3 is 2.94 bits per heavy atom. The fourth-order valence-electron chi connectivity index (χ4n) is 1.93. The summed E-state index contributed by atoms with van der Waals surface area (Å²) in [6.45, 7) is 4.07. The zero-order valence-corrected chi connectivity index (χ0v) is 9.44. The van der Waals surface area contributed by atoms with Crippen LogP contribution in [0.15, 0.2) is 18.3 Å². The quantitative estimate of drug-likeness (QED) is 0.788. The lowest BCUT2D eigenvalue weighted by molar-refractivity contribution is -0.0510. The van der Waals surface area contributed by atoms with Crippen molar-refractivity contribution < 1.29 is 5.11 Å². The Balaban J connectivity index is 2.08. The maximum atomic E-state index is 9.62. The molecule has 1 aromatic rings. The first-order valence-corrected chi connectivity index (χ1v) is 5.35. The highest BCUT2D eigenvalue weighted by molar-refractivity contribution is 5.47. The van der Waals surface area contributed by atoms with Gasteiger partial charge in [-0.2, -0.15) is 5.26 Å². The molecule has 4 heteroatoms. The average molecular weight is 217 g/mol. The van der Waals surface area contributed by atoms with Gasteiger partial charge in [0.05, 0.1) is 6.10 Å². The predicted molar refractivity (Wildman–Crippen MR) is 60.8 cm³/mol. The molecule has 0 bridgehead atoms. The molecule has 1 aliphatic carbocycles. The van der Waals surface area contributed by atoms with E-state index in [1.165, 1.54) is 0 Å². The zero-order valence-electron chi connectivity index (χ0n) is 9.44. The van der Waals surface area contributed by atoms with Crippen LogP contribution in [0.3, 0.4) is 0 Å². The third kappa shape index (κ3) is 1.74. The van der Waals surface area contributed by atoms with E-state index in [9.17, 15) is 5.11 Å². The van der Waals surface area contributed by atoms with Gasteiger partial charge >= 0.3 is 0 Å². The van der Waals surface area contributed by atoms with Crippen molar-refractivity contribution in [3.8, 4) is 6.07 Å². The molecule has 2 atom stereocenters. The number of nitrogens with one attached hydrogen (secondary N) is 1. The van der Waals surface area contributed by atoms with Crippen molar-refractivity contribution in [1.29, 1.82) is 5.26 Å². The lowest BCUT2D eigenvalue weighted by Crippen LogP contribution is -2.56. The molecule has 0 aliphatic heterocycles. The topological polar surface area (TPSA) is 68.9 Å². The standard InChI is InChI=1S/C12H15N3O/c1-12(2)10(6-11(12)16)15-8-3-4-14-9(5-8)7-13/h3-5,10-11,16H,6H2,1-2H3,(H,14,15). The average Bonchev–Trinajstić information content (AvgIpc) is 2.29. The van der Waals surface area contributed by atoms with E-state index in [4.69, 9.17) is 5.26 Å². The molecule has 1 saturated carbocycles. The molecule has 2 N–H and O–H groups in total. The summed E-state index contributed by atoms with van der Waals surface area (Å²) in [4.78, 5) is 3.91. The summed E-state index contributed by atoms with van der Waals surface area (Å²) in [6, 6.07) is 5.81. The Labute approximate surface area is 94.9 Å². The Kier molecular flexibility index (Phi) is 2.56. The number of hydrogen-bond acceptors (Lipinski definition) is 4. The summed E-state index contributed by atoms with van der Waals surface area (Å²) >= 11 is 0. The second-order valence-electron chi connectivity index (χ2n) is 4.81. The number of pyridine rings is 1. The Bertz CT molecular complexity index is 436. The zero-order chi connectivity index (χ0) is 11.8. The van der Waals surface area contributed by atoms with Crippen LogP contribution in [0.4, 0.5) is 5.69 Å². The van der Waals surface area contributed by atoms with Crippen molar-refractivity contribution in [1.82, 2.24) is 4.98 Å². The Morgan fingerprint density at radius 1 is 1.62 bits per heavy atom. The highest BCUT2D eigenvalue weighted by Gasteiger charge is 2.47. The number of anilines is 1. The molecule has 0 amide bonds. The van der Waals surface area contributed by atoms with Crippen LogP contribution in [0.25, 0.3) is 0 Å². The molecule has 1 aromatic heterocycles. The molecule has 0 radical (unpaired) electrons. The van der Waals surface area contributed by atoms with E-state index in [0.717, 1.165) is 12.1 Å². The van der Waals surface area contributed by atoms with Crippen LogP contribution >= 0.6 is 0 Å². The van der Waals surface area contributed by atoms with E-state index >= 15 is 0 Å². The molecule has 0 spiro atoms. The van der Waals surface area contributed by atoms with E-state index in [-0.39, 0.29) is 17.6 Å². The number of nitrogens with zero attached hydrogens (tertiary/aromatic N) is 2. The SMILES string of the molecule is CC1(C)C(O)CC1Nc1ccnc(C#N)c1. The van der Waals surface area contributed by atoms with Gasteiger partial charge in [0.1, 0.15) is 11.8 Å². The first-order valence-electron chi connectivity index (χ1n) is 5.35. The van der Waals surface area contributed by atoms with Crippen molar-refractivity contribution in [2.45, 2.75) is 32.4 Å². The maximum absolute atomic E-state index is 9.62.